The lowest BCUT2D eigenvalue weighted by Gasteiger charge is -2.08. The number of hydrogen-bond acceptors (Lipinski definition) is 3. The quantitative estimate of drug-likeness (QED) is 0.854. The number of nitrogens with zero attached hydrogens (tertiary/aromatic N) is 2. The van der Waals surface area contributed by atoms with Crippen molar-refractivity contribution in [2.75, 3.05) is 18.4 Å². The fraction of sp³-hybridized carbons (Fsp3) is 0.600. The summed E-state index contributed by atoms with van der Waals surface area (Å²) >= 11 is 0. The van der Waals surface area contributed by atoms with Gasteiger partial charge in [0, 0.05) is 12.7 Å². The second-order valence-corrected chi connectivity index (χ2v) is 4.22. The van der Waals surface area contributed by atoms with Gasteiger partial charge in [0.1, 0.15) is 6.54 Å². The summed E-state index contributed by atoms with van der Waals surface area (Å²) in [5.41, 5.74) is 0.288. The van der Waals surface area contributed by atoms with E-state index in [1.807, 2.05) is 0 Å². The topological polar surface area (TPSA) is 59.0 Å². The average Bonchev–Trinajstić information content (AvgIpc) is 2.86. The minimum Gasteiger partial charge on any atom is -0.323 e. The Labute approximate surface area is 101 Å². The summed E-state index contributed by atoms with van der Waals surface area (Å²) < 4.78 is 37.1. The van der Waals surface area contributed by atoms with Crippen molar-refractivity contribution in [2.24, 2.45) is 5.92 Å². The van der Waals surface area contributed by atoms with Crippen LogP contribution < -0.4 is 10.6 Å². The van der Waals surface area contributed by atoms with Gasteiger partial charge in [-0.15, -0.1) is 0 Å². The predicted molar refractivity (Wildman–Crippen MR) is 57.9 cm³/mol. The first-order valence-corrected chi connectivity index (χ1v) is 5.55. The van der Waals surface area contributed by atoms with Crippen LogP contribution in [0.25, 0.3) is 0 Å². The molecule has 2 rings (SSSR count). The van der Waals surface area contributed by atoms with E-state index in [-0.39, 0.29) is 17.5 Å². The van der Waals surface area contributed by atoms with E-state index in [1.165, 1.54) is 12.4 Å². The van der Waals surface area contributed by atoms with Gasteiger partial charge in [-0.25, -0.2) is 0 Å². The lowest BCUT2D eigenvalue weighted by Crippen LogP contribution is -2.24. The summed E-state index contributed by atoms with van der Waals surface area (Å²) in [5.74, 6) is -0.317. The van der Waals surface area contributed by atoms with E-state index >= 15 is 0 Å². The molecule has 100 valence electrons. The van der Waals surface area contributed by atoms with Gasteiger partial charge in [-0.2, -0.15) is 18.3 Å². The van der Waals surface area contributed by atoms with Gasteiger partial charge in [0.2, 0.25) is 5.91 Å². The molecule has 1 fully saturated rings. The maximum atomic E-state index is 12.1. The van der Waals surface area contributed by atoms with Gasteiger partial charge in [-0.05, 0) is 13.0 Å². The third-order valence-corrected chi connectivity index (χ3v) is 2.67. The van der Waals surface area contributed by atoms with Crippen molar-refractivity contribution in [1.82, 2.24) is 15.1 Å². The molecule has 0 radical (unpaired) electrons. The molecule has 5 nitrogen and oxygen atoms in total. The Morgan fingerprint density at radius 1 is 1.61 bits per heavy atom. The molecule has 1 aliphatic heterocycles. The SMILES string of the molecule is O=C(Nc1cnn(CC(F)(F)F)c1)C1CCNC1. The number of nitrogens with one attached hydrogen (secondary N) is 2. The lowest BCUT2D eigenvalue weighted by molar-refractivity contribution is -0.142. The Morgan fingerprint density at radius 3 is 3.00 bits per heavy atom. The molecule has 0 aliphatic carbocycles. The van der Waals surface area contributed by atoms with Crippen LogP contribution in [0.3, 0.4) is 0 Å². The normalized spacial score (nSPS) is 20.1. The van der Waals surface area contributed by atoms with Crippen LogP contribution in [0.2, 0.25) is 0 Å². The van der Waals surface area contributed by atoms with E-state index in [0.717, 1.165) is 17.6 Å². The van der Waals surface area contributed by atoms with Crippen molar-refractivity contribution < 1.29 is 18.0 Å². The summed E-state index contributed by atoms with van der Waals surface area (Å²) in [6, 6.07) is 0. The number of halogens is 3. The average molecular weight is 262 g/mol. The number of aromatic nitrogens is 2. The van der Waals surface area contributed by atoms with Crippen molar-refractivity contribution in [3.05, 3.63) is 12.4 Å². The zero-order valence-electron chi connectivity index (χ0n) is 9.50. The Morgan fingerprint density at radius 2 is 2.39 bits per heavy atom. The molecule has 1 aromatic heterocycles. The highest BCUT2D eigenvalue weighted by atomic mass is 19.4. The number of carbonyl (C=O) groups excluding carboxylic acids is 1. The maximum Gasteiger partial charge on any atom is 0.408 e. The molecule has 0 bridgehead atoms. The fourth-order valence-electron chi connectivity index (χ4n) is 1.82. The van der Waals surface area contributed by atoms with Crippen LogP contribution in [-0.4, -0.2) is 35.0 Å². The van der Waals surface area contributed by atoms with Gasteiger partial charge in [-0.1, -0.05) is 0 Å². The highest BCUT2D eigenvalue weighted by molar-refractivity contribution is 5.92. The molecule has 1 atom stereocenters. The number of hydrogen-bond donors (Lipinski definition) is 2. The number of rotatable bonds is 3. The number of amides is 1. The highest BCUT2D eigenvalue weighted by Crippen LogP contribution is 2.18. The Bertz CT molecular complexity index is 423. The Kier molecular flexibility index (Phi) is 3.55. The first-order valence-electron chi connectivity index (χ1n) is 5.55. The lowest BCUT2D eigenvalue weighted by atomic mass is 10.1. The molecule has 1 unspecified atom stereocenters. The summed E-state index contributed by atoms with van der Waals surface area (Å²) in [6.45, 7) is 0.224. The summed E-state index contributed by atoms with van der Waals surface area (Å²) in [5, 5.41) is 9.15. The standard InChI is InChI=1S/C10H13F3N4O/c11-10(12,13)6-17-5-8(4-15-17)16-9(18)7-1-2-14-3-7/h4-5,7,14H,1-3,6H2,(H,16,18). The fourth-order valence-corrected chi connectivity index (χ4v) is 1.82. The van der Waals surface area contributed by atoms with E-state index in [9.17, 15) is 18.0 Å². The van der Waals surface area contributed by atoms with Gasteiger partial charge in [0.15, 0.2) is 0 Å². The first-order chi connectivity index (χ1) is 8.44. The number of alkyl halides is 3. The zero-order chi connectivity index (χ0) is 13.2. The predicted octanol–water partition coefficient (Wildman–Crippen LogP) is 0.993. The van der Waals surface area contributed by atoms with Crippen molar-refractivity contribution in [3.63, 3.8) is 0 Å². The molecule has 2 N–H and O–H groups in total. The minimum absolute atomic E-state index is 0.129. The molecule has 1 amide bonds. The van der Waals surface area contributed by atoms with Crippen molar-refractivity contribution >= 4 is 11.6 Å². The summed E-state index contributed by atoms with van der Waals surface area (Å²) in [7, 11) is 0. The van der Waals surface area contributed by atoms with E-state index in [0.29, 0.717) is 6.54 Å². The third kappa shape index (κ3) is 3.46. The molecule has 8 heteroatoms. The second kappa shape index (κ2) is 4.97. The third-order valence-electron chi connectivity index (χ3n) is 2.67. The largest absolute Gasteiger partial charge is 0.408 e. The molecule has 0 saturated carbocycles. The first kappa shape index (κ1) is 12.9. The van der Waals surface area contributed by atoms with Crippen molar-refractivity contribution in [2.45, 2.75) is 19.1 Å². The number of carbonyl (C=O) groups is 1. The smallest absolute Gasteiger partial charge is 0.323 e. The van der Waals surface area contributed by atoms with Gasteiger partial charge < -0.3 is 10.6 Å². The molecule has 1 saturated heterocycles. The molecule has 0 spiro atoms. The van der Waals surface area contributed by atoms with E-state index < -0.39 is 12.7 Å². The van der Waals surface area contributed by atoms with Crippen LogP contribution in [0.5, 0.6) is 0 Å². The summed E-state index contributed by atoms with van der Waals surface area (Å²) in [6.07, 6.45) is -1.19. The molecule has 2 heterocycles. The maximum absolute atomic E-state index is 12.1. The van der Waals surface area contributed by atoms with Crippen molar-refractivity contribution in [1.29, 1.82) is 0 Å². The zero-order valence-corrected chi connectivity index (χ0v) is 9.50. The molecular weight excluding hydrogens is 249 g/mol. The van der Waals surface area contributed by atoms with Crippen LogP contribution in [0, 0.1) is 5.92 Å². The van der Waals surface area contributed by atoms with E-state index in [4.69, 9.17) is 0 Å². The monoisotopic (exact) mass is 262 g/mol. The van der Waals surface area contributed by atoms with E-state index in [2.05, 4.69) is 15.7 Å². The number of anilines is 1. The van der Waals surface area contributed by atoms with Gasteiger partial charge in [-0.3, -0.25) is 9.48 Å². The van der Waals surface area contributed by atoms with Crippen molar-refractivity contribution in [3.8, 4) is 0 Å². The van der Waals surface area contributed by atoms with Gasteiger partial charge in [0.05, 0.1) is 17.8 Å². The van der Waals surface area contributed by atoms with E-state index in [1.54, 1.807) is 0 Å². The Hall–Kier alpha value is -1.57. The highest BCUT2D eigenvalue weighted by Gasteiger charge is 2.28. The Balaban J connectivity index is 1.92. The van der Waals surface area contributed by atoms with Gasteiger partial charge in [0.25, 0.3) is 0 Å². The molecule has 1 aliphatic rings. The van der Waals surface area contributed by atoms with Crippen LogP contribution in [-0.2, 0) is 11.3 Å². The molecule has 18 heavy (non-hydrogen) atoms. The molecule has 1 aromatic rings. The van der Waals surface area contributed by atoms with Crippen LogP contribution in [0.4, 0.5) is 18.9 Å². The summed E-state index contributed by atoms with van der Waals surface area (Å²) in [4.78, 5) is 11.7. The van der Waals surface area contributed by atoms with Crippen LogP contribution in [0.1, 0.15) is 6.42 Å². The van der Waals surface area contributed by atoms with Crippen LogP contribution in [0.15, 0.2) is 12.4 Å². The molecular formula is C10H13F3N4O. The molecule has 0 aromatic carbocycles. The minimum atomic E-state index is -4.32. The van der Waals surface area contributed by atoms with Crippen LogP contribution >= 0.6 is 0 Å². The second-order valence-electron chi connectivity index (χ2n) is 4.22. The van der Waals surface area contributed by atoms with Gasteiger partial charge >= 0.3 is 6.18 Å².